The first kappa shape index (κ1) is 21.6. The lowest BCUT2D eigenvalue weighted by Crippen LogP contribution is -2.40. The van der Waals surface area contributed by atoms with E-state index in [1.54, 1.807) is 12.2 Å². The van der Waals surface area contributed by atoms with Crippen molar-refractivity contribution in [1.82, 2.24) is 0 Å². The van der Waals surface area contributed by atoms with Crippen LogP contribution >= 0.6 is 0 Å². The number of hydrogen-bond acceptors (Lipinski definition) is 6. The molecule has 3 aromatic carbocycles. The maximum atomic E-state index is 13.8. The second-order valence-electron chi connectivity index (χ2n) is 8.15. The van der Waals surface area contributed by atoms with Crippen LogP contribution in [0.1, 0.15) is 15.9 Å². The summed E-state index contributed by atoms with van der Waals surface area (Å²) in [6.07, 6.45) is 5.72. The van der Waals surface area contributed by atoms with Gasteiger partial charge in [-0.1, -0.05) is 48.6 Å². The summed E-state index contributed by atoms with van der Waals surface area (Å²) in [5.74, 6) is 0.383. The van der Waals surface area contributed by atoms with Gasteiger partial charge >= 0.3 is 0 Å². The van der Waals surface area contributed by atoms with Gasteiger partial charge in [-0.25, -0.2) is 5.06 Å². The Hall–Kier alpha value is -4.23. The number of ether oxygens (including phenoxy) is 1. The monoisotopic (exact) mass is 454 g/mol. The Bertz CT molecular complexity index is 1270. The van der Waals surface area contributed by atoms with Crippen molar-refractivity contribution in [2.24, 2.45) is 5.92 Å². The van der Waals surface area contributed by atoms with Crippen LogP contribution in [0.4, 0.5) is 11.4 Å². The molecule has 0 N–H and O–H groups in total. The number of anilines is 1. The molecule has 0 amide bonds. The fraction of sp³-hybridized carbons (Fsp3) is 0.148. The smallest absolute Gasteiger partial charge is 0.269 e. The number of hydrogen-bond donors (Lipinski definition) is 0. The highest BCUT2D eigenvalue weighted by Crippen LogP contribution is 2.43. The summed E-state index contributed by atoms with van der Waals surface area (Å²) in [6.45, 7) is 0. The summed E-state index contributed by atoms with van der Waals surface area (Å²) in [5.41, 5.74) is 3.08. The Labute approximate surface area is 196 Å². The van der Waals surface area contributed by atoms with Crippen LogP contribution in [0.2, 0.25) is 0 Å². The van der Waals surface area contributed by atoms with Gasteiger partial charge in [0.15, 0.2) is 5.78 Å². The van der Waals surface area contributed by atoms with Crippen LogP contribution in [0.25, 0.3) is 6.08 Å². The molecule has 7 nitrogen and oxygen atoms in total. The van der Waals surface area contributed by atoms with E-state index < -0.39 is 11.0 Å². The summed E-state index contributed by atoms with van der Waals surface area (Å²) >= 11 is 0. The third kappa shape index (κ3) is 3.97. The molecule has 2 aliphatic rings. The first-order valence-electron chi connectivity index (χ1n) is 10.9. The van der Waals surface area contributed by atoms with Gasteiger partial charge in [-0.15, -0.1) is 0 Å². The molecule has 170 valence electrons. The number of para-hydroxylation sites is 1. The van der Waals surface area contributed by atoms with E-state index in [9.17, 15) is 14.9 Å². The summed E-state index contributed by atoms with van der Waals surface area (Å²) in [5, 5.41) is 12.7. The fourth-order valence-electron chi connectivity index (χ4n) is 4.45. The number of nitro groups is 1. The maximum Gasteiger partial charge on any atom is 0.269 e. The highest BCUT2D eigenvalue weighted by atomic mass is 16.7. The standard InChI is InChI=1S/C27H22N2O5/c1-33-23-14-7-18(8-15-23)17-20-11-16-24-25(20)26(28(34-24)21-5-3-2-4-6-21)27(30)19-9-12-22(13-10-19)29(31)32/h2-17,24-26H,1H3/b20-17-/t24-,25+,26+/m1/s1. The molecule has 5 rings (SSSR count). The number of non-ortho nitro benzene ring substituents is 1. The van der Waals surface area contributed by atoms with Crippen LogP contribution in [0, 0.1) is 16.0 Å². The average Bonchev–Trinajstić information content (AvgIpc) is 3.44. The van der Waals surface area contributed by atoms with Crippen molar-refractivity contribution in [3.8, 4) is 5.75 Å². The maximum absolute atomic E-state index is 13.8. The van der Waals surface area contributed by atoms with E-state index in [0.29, 0.717) is 5.56 Å². The topological polar surface area (TPSA) is 81.9 Å². The van der Waals surface area contributed by atoms with Crippen LogP contribution in [0.5, 0.6) is 5.75 Å². The number of rotatable bonds is 6. The Balaban J connectivity index is 1.53. The summed E-state index contributed by atoms with van der Waals surface area (Å²) < 4.78 is 5.24. The fourth-order valence-corrected chi connectivity index (χ4v) is 4.45. The molecule has 0 saturated carbocycles. The summed E-state index contributed by atoms with van der Waals surface area (Å²) in [6, 6.07) is 22.3. The number of carbonyl (C=O) groups is 1. The minimum absolute atomic E-state index is 0.0559. The van der Waals surface area contributed by atoms with Crippen molar-refractivity contribution in [3.63, 3.8) is 0 Å². The van der Waals surface area contributed by atoms with Gasteiger partial charge in [0.25, 0.3) is 5.69 Å². The molecule has 1 saturated heterocycles. The van der Waals surface area contributed by atoms with Crippen LogP contribution < -0.4 is 9.80 Å². The third-order valence-corrected chi connectivity index (χ3v) is 6.14. The molecular formula is C27H22N2O5. The molecular weight excluding hydrogens is 432 g/mol. The van der Waals surface area contributed by atoms with Gasteiger partial charge in [0.1, 0.15) is 17.9 Å². The lowest BCUT2D eigenvalue weighted by atomic mass is 9.86. The highest BCUT2D eigenvalue weighted by molar-refractivity contribution is 6.03. The molecule has 0 unspecified atom stereocenters. The number of hydroxylamine groups is 1. The highest BCUT2D eigenvalue weighted by Gasteiger charge is 2.50. The molecule has 34 heavy (non-hydrogen) atoms. The Morgan fingerprint density at radius 1 is 1.03 bits per heavy atom. The first-order chi connectivity index (χ1) is 16.5. The predicted molar refractivity (Wildman–Crippen MR) is 129 cm³/mol. The number of nitro benzene ring substituents is 1. The van der Waals surface area contributed by atoms with Crippen LogP contribution in [0.15, 0.2) is 96.6 Å². The van der Waals surface area contributed by atoms with E-state index in [-0.39, 0.29) is 23.5 Å². The summed E-state index contributed by atoms with van der Waals surface area (Å²) in [7, 11) is 1.63. The third-order valence-electron chi connectivity index (χ3n) is 6.14. The van der Waals surface area contributed by atoms with Gasteiger partial charge in [-0.3, -0.25) is 19.7 Å². The van der Waals surface area contributed by atoms with Crippen LogP contribution in [-0.4, -0.2) is 30.0 Å². The largest absolute Gasteiger partial charge is 0.497 e. The van der Waals surface area contributed by atoms with E-state index in [1.165, 1.54) is 24.3 Å². The zero-order chi connectivity index (χ0) is 23.7. The molecule has 0 radical (unpaired) electrons. The number of allylic oxidation sites excluding steroid dienone is 1. The first-order valence-corrected chi connectivity index (χ1v) is 10.9. The number of benzene rings is 3. The minimum atomic E-state index is -0.631. The van der Waals surface area contributed by atoms with Gasteiger partial charge < -0.3 is 4.74 Å². The van der Waals surface area contributed by atoms with Crippen molar-refractivity contribution < 1.29 is 19.3 Å². The molecule has 1 aliphatic carbocycles. The molecule has 3 atom stereocenters. The zero-order valence-corrected chi connectivity index (χ0v) is 18.4. The predicted octanol–water partition coefficient (Wildman–Crippen LogP) is 5.24. The van der Waals surface area contributed by atoms with E-state index >= 15 is 0 Å². The normalized spacial score (nSPS) is 22.1. The lowest BCUT2D eigenvalue weighted by Gasteiger charge is -2.26. The SMILES string of the molecule is COc1ccc(/C=C2/C=C[C@H]3ON(c4ccccc4)[C@H](C(=O)c4ccc([N+](=O)[O-])cc4)[C@@H]23)cc1. The number of carbonyl (C=O) groups excluding carboxylic acids is 1. The summed E-state index contributed by atoms with van der Waals surface area (Å²) in [4.78, 5) is 30.6. The Kier molecular flexibility index (Phi) is 5.69. The van der Waals surface area contributed by atoms with Crippen LogP contribution in [-0.2, 0) is 4.84 Å². The van der Waals surface area contributed by atoms with Gasteiger partial charge in [0.2, 0.25) is 0 Å². The minimum Gasteiger partial charge on any atom is -0.497 e. The van der Waals surface area contributed by atoms with Crippen molar-refractivity contribution >= 4 is 23.2 Å². The zero-order valence-electron chi connectivity index (χ0n) is 18.4. The lowest BCUT2D eigenvalue weighted by molar-refractivity contribution is -0.384. The van der Waals surface area contributed by atoms with Crippen molar-refractivity contribution in [3.05, 3.63) is 118 Å². The van der Waals surface area contributed by atoms with Gasteiger partial charge in [-0.2, -0.15) is 0 Å². The van der Waals surface area contributed by atoms with Gasteiger partial charge in [-0.05, 0) is 47.5 Å². The quantitative estimate of drug-likeness (QED) is 0.288. The molecule has 7 heteroatoms. The molecule has 0 aromatic heterocycles. The second kappa shape index (κ2) is 8.96. The van der Waals surface area contributed by atoms with Gasteiger partial charge in [0, 0.05) is 23.6 Å². The number of ketones is 1. The van der Waals surface area contributed by atoms with E-state index in [4.69, 9.17) is 9.57 Å². The molecule has 1 heterocycles. The Morgan fingerprint density at radius 2 is 1.74 bits per heavy atom. The number of nitrogens with zero attached hydrogens (tertiary/aromatic N) is 2. The molecule has 0 spiro atoms. The van der Waals surface area contributed by atoms with E-state index in [2.05, 4.69) is 6.08 Å². The van der Waals surface area contributed by atoms with Crippen LogP contribution in [0.3, 0.4) is 0 Å². The van der Waals surface area contributed by atoms with E-state index in [0.717, 1.165) is 22.6 Å². The number of fused-ring (bicyclic) bond motifs is 1. The molecule has 0 bridgehead atoms. The Morgan fingerprint density at radius 3 is 2.38 bits per heavy atom. The molecule has 1 fully saturated rings. The van der Waals surface area contributed by atoms with Crippen molar-refractivity contribution in [2.75, 3.05) is 12.2 Å². The average molecular weight is 454 g/mol. The molecule has 3 aromatic rings. The molecule has 1 aliphatic heterocycles. The van der Waals surface area contributed by atoms with Crippen molar-refractivity contribution in [1.29, 1.82) is 0 Å². The van der Waals surface area contributed by atoms with Crippen molar-refractivity contribution in [2.45, 2.75) is 12.1 Å². The second-order valence-corrected chi connectivity index (χ2v) is 8.15. The van der Waals surface area contributed by atoms with E-state index in [1.807, 2.05) is 66.7 Å². The number of methoxy groups -OCH3 is 1. The number of Topliss-reactive ketones (excluding diaryl/α,β-unsaturated/α-hetero) is 1. The van der Waals surface area contributed by atoms with Gasteiger partial charge in [0.05, 0.1) is 17.7 Å².